The standard InChI is InChI=1S/2C13H12O7S2.Ca/c2*1-8-2-4-9(5-3-8)21(16,17)12-6-11(15)13(7-10(12)14)22(18,19)20;/h2*2-7,14-15H,1H3,(H,18,19,20);/q;;+2/p-2. The van der Waals surface area contributed by atoms with E-state index in [9.17, 15) is 63.2 Å². The molecule has 0 bridgehead atoms. The van der Waals surface area contributed by atoms with Crippen molar-refractivity contribution in [1.29, 1.82) is 0 Å². The van der Waals surface area contributed by atoms with Gasteiger partial charge >= 0.3 is 37.7 Å². The Morgan fingerprint density at radius 3 is 0.911 bits per heavy atom. The van der Waals surface area contributed by atoms with E-state index < -0.39 is 82.5 Å². The van der Waals surface area contributed by atoms with E-state index in [4.69, 9.17) is 0 Å². The van der Waals surface area contributed by atoms with Crippen molar-refractivity contribution in [2.75, 3.05) is 0 Å². The number of aryl methyl sites for hydroxylation is 2. The van der Waals surface area contributed by atoms with E-state index in [0.717, 1.165) is 11.1 Å². The number of phenolic OH excluding ortho intramolecular Hbond substituents is 4. The van der Waals surface area contributed by atoms with Crippen LogP contribution in [0.3, 0.4) is 0 Å². The van der Waals surface area contributed by atoms with Gasteiger partial charge in [-0.1, -0.05) is 35.4 Å². The molecule has 0 unspecified atom stereocenters. The summed E-state index contributed by atoms with van der Waals surface area (Å²) in [7, 11) is -18.4. The molecule has 4 N–H and O–H groups in total. The topological polar surface area (TPSA) is 264 Å². The van der Waals surface area contributed by atoms with Gasteiger partial charge in [-0.15, -0.1) is 0 Å². The van der Waals surface area contributed by atoms with Crippen LogP contribution in [0.25, 0.3) is 0 Å². The van der Waals surface area contributed by atoms with Crippen LogP contribution in [0.4, 0.5) is 0 Å². The molecule has 19 heteroatoms. The van der Waals surface area contributed by atoms with E-state index >= 15 is 0 Å². The summed E-state index contributed by atoms with van der Waals surface area (Å²) in [4.78, 5) is -3.86. The molecule has 4 rings (SSSR count). The van der Waals surface area contributed by atoms with Gasteiger partial charge in [-0.2, -0.15) is 0 Å². The zero-order chi connectivity index (χ0) is 33.4. The molecule has 0 aliphatic rings. The van der Waals surface area contributed by atoms with Gasteiger partial charge in [0.05, 0.1) is 19.6 Å². The SMILES string of the molecule is Cc1ccc(S(=O)(=O)c2cc(O)c(S(=O)(=O)[O-])cc2O)cc1.Cc1ccc(S(=O)(=O)c2cc(O)c(S(=O)(=O)[O-])cc2O)cc1.[Ca+2]. The number of sulfone groups is 2. The minimum Gasteiger partial charge on any atom is -0.744 e. The van der Waals surface area contributed by atoms with Gasteiger partial charge in [0.25, 0.3) is 0 Å². The predicted octanol–water partition coefficient (Wildman–Crippen LogP) is 1.91. The van der Waals surface area contributed by atoms with E-state index in [-0.39, 0.29) is 47.5 Å². The summed E-state index contributed by atoms with van der Waals surface area (Å²) in [6.07, 6.45) is 0. The van der Waals surface area contributed by atoms with Gasteiger partial charge in [0.15, 0.2) is 0 Å². The Labute approximate surface area is 288 Å². The summed E-state index contributed by atoms with van der Waals surface area (Å²) in [5, 5.41) is 38.6. The predicted molar refractivity (Wildman–Crippen MR) is 154 cm³/mol. The molecule has 14 nitrogen and oxygen atoms in total. The summed E-state index contributed by atoms with van der Waals surface area (Å²) in [5.41, 5.74) is 1.64. The van der Waals surface area contributed by atoms with Crippen molar-refractivity contribution in [3.8, 4) is 23.0 Å². The molecule has 45 heavy (non-hydrogen) atoms. The van der Waals surface area contributed by atoms with Crippen LogP contribution in [0.5, 0.6) is 23.0 Å². The summed E-state index contributed by atoms with van der Waals surface area (Å²) in [5.74, 6) is -3.96. The van der Waals surface area contributed by atoms with Crippen molar-refractivity contribution in [1.82, 2.24) is 0 Å². The fourth-order valence-electron chi connectivity index (χ4n) is 3.60. The third kappa shape index (κ3) is 8.66. The molecule has 0 aliphatic carbocycles. The van der Waals surface area contributed by atoms with E-state index in [1.165, 1.54) is 24.3 Å². The van der Waals surface area contributed by atoms with Crippen molar-refractivity contribution >= 4 is 77.6 Å². The fourth-order valence-corrected chi connectivity index (χ4v) is 7.44. The molecule has 0 fully saturated rings. The summed E-state index contributed by atoms with van der Waals surface area (Å²) in [6, 6.07) is 13.3. The van der Waals surface area contributed by atoms with Crippen LogP contribution < -0.4 is 0 Å². The molecule has 0 radical (unpaired) electrons. The number of phenols is 4. The number of aromatic hydroxyl groups is 4. The van der Waals surface area contributed by atoms with E-state index in [1.54, 1.807) is 38.1 Å². The molecule has 0 spiro atoms. The third-order valence-electron chi connectivity index (χ3n) is 5.86. The normalized spacial score (nSPS) is 12.0. The van der Waals surface area contributed by atoms with Gasteiger partial charge < -0.3 is 29.5 Å². The Morgan fingerprint density at radius 2 is 0.667 bits per heavy atom. The minimum absolute atomic E-state index is 0. The Hall–Kier alpha value is -2.94. The maximum Gasteiger partial charge on any atom is 2.00 e. The first-order valence-electron chi connectivity index (χ1n) is 11.7. The quantitative estimate of drug-likeness (QED) is 0.126. The molecule has 0 aliphatic heterocycles. The van der Waals surface area contributed by atoms with Gasteiger partial charge in [0.1, 0.15) is 53.0 Å². The van der Waals surface area contributed by atoms with Gasteiger partial charge in [0, 0.05) is 24.3 Å². The van der Waals surface area contributed by atoms with E-state index in [1.807, 2.05) is 0 Å². The zero-order valence-electron chi connectivity index (χ0n) is 23.1. The smallest absolute Gasteiger partial charge is 0.744 e. The van der Waals surface area contributed by atoms with Crippen LogP contribution >= 0.6 is 0 Å². The summed E-state index contributed by atoms with van der Waals surface area (Å²) in [6.45, 7) is 3.52. The Balaban J connectivity index is 0.000000307. The van der Waals surface area contributed by atoms with E-state index in [2.05, 4.69) is 0 Å². The van der Waals surface area contributed by atoms with Gasteiger partial charge in [-0.3, -0.25) is 0 Å². The van der Waals surface area contributed by atoms with Crippen molar-refractivity contribution in [2.24, 2.45) is 0 Å². The largest absolute Gasteiger partial charge is 2.00 e. The second-order valence-corrected chi connectivity index (χ2v) is 15.6. The fraction of sp³-hybridized carbons (Fsp3) is 0.0769. The summed E-state index contributed by atoms with van der Waals surface area (Å²) < 4.78 is 115. The molecule has 4 aromatic carbocycles. The van der Waals surface area contributed by atoms with Crippen LogP contribution in [0.1, 0.15) is 11.1 Å². The van der Waals surface area contributed by atoms with Crippen molar-refractivity contribution in [3.05, 3.63) is 83.9 Å². The Bertz CT molecular complexity index is 2020. The molecule has 0 aromatic heterocycles. The number of benzene rings is 4. The Kier molecular flexibility index (Phi) is 11.7. The monoisotopic (exact) mass is 726 g/mol. The van der Waals surface area contributed by atoms with Crippen molar-refractivity contribution in [2.45, 2.75) is 43.2 Å². The van der Waals surface area contributed by atoms with Crippen molar-refractivity contribution in [3.63, 3.8) is 0 Å². The zero-order valence-corrected chi connectivity index (χ0v) is 28.6. The van der Waals surface area contributed by atoms with Crippen LogP contribution in [-0.2, 0) is 39.9 Å². The Morgan fingerprint density at radius 1 is 0.444 bits per heavy atom. The van der Waals surface area contributed by atoms with Crippen molar-refractivity contribution < 1.29 is 63.2 Å². The number of hydrogen-bond donors (Lipinski definition) is 4. The maximum absolute atomic E-state index is 12.4. The first-order valence-corrected chi connectivity index (χ1v) is 17.5. The summed E-state index contributed by atoms with van der Waals surface area (Å²) >= 11 is 0. The van der Waals surface area contributed by atoms with Gasteiger partial charge in [-0.25, -0.2) is 33.7 Å². The van der Waals surface area contributed by atoms with Crippen LogP contribution in [-0.4, -0.2) is 101 Å². The first kappa shape index (κ1) is 38.2. The molecular weight excluding hydrogens is 705 g/mol. The van der Waals surface area contributed by atoms with Crippen LogP contribution in [0.15, 0.2) is 102 Å². The molecule has 0 amide bonds. The van der Waals surface area contributed by atoms with Gasteiger partial charge in [0.2, 0.25) is 19.7 Å². The average Bonchev–Trinajstić information content (AvgIpc) is 2.90. The van der Waals surface area contributed by atoms with Crippen LogP contribution in [0, 0.1) is 13.8 Å². The number of hydrogen-bond acceptors (Lipinski definition) is 14. The second kappa shape index (κ2) is 13.8. The molecule has 4 aromatic rings. The van der Waals surface area contributed by atoms with Crippen LogP contribution in [0.2, 0.25) is 0 Å². The maximum atomic E-state index is 12.4. The number of rotatable bonds is 6. The molecule has 0 saturated carbocycles. The average molecular weight is 727 g/mol. The molecule has 0 saturated heterocycles. The van der Waals surface area contributed by atoms with Gasteiger partial charge in [-0.05, 0) is 38.1 Å². The first-order chi connectivity index (χ1) is 20.1. The second-order valence-electron chi connectivity index (χ2n) is 9.12. The molecule has 0 atom stereocenters. The molecular formula is C26H22CaO14S4. The van der Waals surface area contributed by atoms with E-state index in [0.29, 0.717) is 24.3 Å². The minimum atomic E-state index is -5.04. The molecule has 236 valence electrons. The molecule has 0 heterocycles. The third-order valence-corrected chi connectivity index (χ3v) is 11.2.